The Balaban J connectivity index is 0. The van der Waals surface area contributed by atoms with Crippen LogP contribution in [-0.4, -0.2) is 36.9 Å². The average Bonchev–Trinajstić information content (AvgIpc) is 2.10. The topological polar surface area (TPSA) is 9.23 Å². The summed E-state index contributed by atoms with van der Waals surface area (Å²) < 4.78 is 141. The first-order valence-corrected chi connectivity index (χ1v) is 5.17. The molecule has 0 fully saturated rings. The number of hydrogen-bond donors (Lipinski definition) is 0. The molecule has 0 heterocycles. The van der Waals surface area contributed by atoms with Gasteiger partial charge in [-0.1, -0.05) is 0 Å². The molecular formula is C9H10F12O. The van der Waals surface area contributed by atoms with E-state index >= 15 is 0 Å². The van der Waals surface area contributed by atoms with Gasteiger partial charge in [-0.25, -0.2) is 0 Å². The maximum absolute atomic E-state index is 12.3. The second-order valence-corrected chi connectivity index (χ2v) is 3.83. The van der Waals surface area contributed by atoms with Crippen molar-refractivity contribution in [2.24, 2.45) is 0 Å². The fourth-order valence-corrected chi connectivity index (χ4v) is 0.642. The molecule has 0 aromatic heterocycles. The van der Waals surface area contributed by atoms with Gasteiger partial charge in [0, 0.05) is 6.92 Å². The second-order valence-electron chi connectivity index (χ2n) is 3.83. The maximum Gasteiger partial charge on any atom is 0.452 e. The lowest BCUT2D eigenvalue weighted by atomic mass is 10.2. The summed E-state index contributed by atoms with van der Waals surface area (Å²) in [4.78, 5) is 0. The summed E-state index contributed by atoms with van der Waals surface area (Å²) >= 11 is 0. The van der Waals surface area contributed by atoms with Gasteiger partial charge in [0.2, 0.25) is 0 Å². The fourth-order valence-electron chi connectivity index (χ4n) is 0.642. The van der Waals surface area contributed by atoms with Crippen LogP contribution in [0.5, 0.6) is 0 Å². The zero-order chi connectivity index (χ0) is 18.6. The van der Waals surface area contributed by atoms with Crippen molar-refractivity contribution < 1.29 is 57.4 Å². The molecule has 0 saturated heterocycles. The third-order valence-electron chi connectivity index (χ3n) is 1.67. The molecule has 0 bridgehead atoms. The standard InChI is InChI=1S/C6H7F7O.C3H3F5/c1-2-14-6(12,13)4(7,8)3-5(9,10)11;1-2(4,5)3(6,7)8/h2-3H2,1H3;1H3. The van der Waals surface area contributed by atoms with Gasteiger partial charge in [-0.2, -0.15) is 52.7 Å². The summed E-state index contributed by atoms with van der Waals surface area (Å²) in [6, 6.07) is 0. The van der Waals surface area contributed by atoms with Gasteiger partial charge in [0.05, 0.1) is 6.61 Å². The summed E-state index contributed by atoms with van der Waals surface area (Å²) in [6.45, 7) is -0.0228. The Bertz CT molecular complexity index is 311. The molecule has 136 valence electrons. The van der Waals surface area contributed by atoms with Crippen molar-refractivity contribution in [2.75, 3.05) is 6.61 Å². The lowest BCUT2D eigenvalue weighted by molar-refractivity contribution is -0.364. The minimum atomic E-state index is -5.40. The maximum atomic E-state index is 12.3. The minimum absolute atomic E-state index is 0.188. The molecule has 13 heteroatoms. The van der Waals surface area contributed by atoms with Gasteiger partial charge in [-0.15, -0.1) is 0 Å². The highest BCUT2D eigenvalue weighted by Crippen LogP contribution is 2.42. The Labute approximate surface area is 116 Å². The van der Waals surface area contributed by atoms with Gasteiger partial charge in [-0.3, -0.25) is 0 Å². The third-order valence-corrected chi connectivity index (χ3v) is 1.67. The summed E-state index contributed by atoms with van der Waals surface area (Å²) in [5.74, 6) is -9.81. The van der Waals surface area contributed by atoms with E-state index in [4.69, 9.17) is 0 Å². The SMILES string of the molecule is CC(F)(F)C(F)(F)F.CCOC(F)(F)C(F)(F)CC(F)(F)F. The first-order chi connectivity index (χ1) is 9.27. The van der Waals surface area contributed by atoms with E-state index in [1.807, 2.05) is 0 Å². The lowest BCUT2D eigenvalue weighted by Gasteiger charge is -2.26. The number of halogens is 12. The molecule has 22 heavy (non-hydrogen) atoms. The Morgan fingerprint density at radius 1 is 0.727 bits per heavy atom. The first kappa shape index (κ1) is 23.4. The summed E-state index contributed by atoms with van der Waals surface area (Å²) in [7, 11) is 0. The van der Waals surface area contributed by atoms with Gasteiger partial charge in [-0.05, 0) is 6.92 Å². The van der Waals surface area contributed by atoms with Crippen LogP contribution in [0.4, 0.5) is 52.7 Å². The smallest absolute Gasteiger partial charge is 0.316 e. The molecule has 0 rings (SSSR count). The van der Waals surface area contributed by atoms with E-state index in [1.54, 1.807) is 0 Å². The quantitative estimate of drug-likeness (QED) is 0.608. The number of hydrogen-bond acceptors (Lipinski definition) is 1. The molecule has 0 aliphatic carbocycles. The molecule has 0 amide bonds. The molecule has 0 radical (unpaired) electrons. The van der Waals surface area contributed by atoms with Crippen LogP contribution in [0.2, 0.25) is 0 Å². The van der Waals surface area contributed by atoms with E-state index in [9.17, 15) is 52.7 Å². The molecule has 0 unspecified atom stereocenters. The van der Waals surface area contributed by atoms with E-state index in [-0.39, 0.29) is 6.92 Å². The van der Waals surface area contributed by atoms with Crippen LogP contribution in [0.25, 0.3) is 0 Å². The van der Waals surface area contributed by atoms with Gasteiger partial charge in [0.15, 0.2) is 0 Å². The number of alkyl halides is 12. The zero-order valence-corrected chi connectivity index (χ0v) is 10.9. The molecule has 0 atom stereocenters. The largest absolute Gasteiger partial charge is 0.452 e. The summed E-state index contributed by atoms with van der Waals surface area (Å²) in [6.07, 6.45) is -18.8. The molecular weight excluding hydrogens is 352 g/mol. The van der Waals surface area contributed by atoms with Gasteiger partial charge in [0.25, 0.3) is 0 Å². The molecule has 0 aliphatic rings. The van der Waals surface area contributed by atoms with Crippen molar-refractivity contribution >= 4 is 0 Å². The van der Waals surface area contributed by atoms with Crippen LogP contribution in [-0.2, 0) is 4.74 Å². The number of rotatable bonds is 4. The fraction of sp³-hybridized carbons (Fsp3) is 1.00. The van der Waals surface area contributed by atoms with Crippen molar-refractivity contribution in [3.63, 3.8) is 0 Å². The molecule has 0 aromatic carbocycles. The molecule has 0 spiro atoms. The molecule has 1 nitrogen and oxygen atoms in total. The van der Waals surface area contributed by atoms with Gasteiger partial charge in [0.1, 0.15) is 6.42 Å². The molecule has 0 aromatic rings. The van der Waals surface area contributed by atoms with Crippen LogP contribution in [0, 0.1) is 0 Å². The Morgan fingerprint density at radius 2 is 1.05 bits per heavy atom. The predicted octanol–water partition coefficient (Wildman–Crippen LogP) is 5.41. The van der Waals surface area contributed by atoms with Crippen LogP contribution >= 0.6 is 0 Å². The highest BCUT2D eigenvalue weighted by atomic mass is 19.4. The van der Waals surface area contributed by atoms with E-state index in [1.165, 1.54) is 0 Å². The van der Waals surface area contributed by atoms with Crippen molar-refractivity contribution in [2.45, 2.75) is 50.6 Å². The van der Waals surface area contributed by atoms with Crippen molar-refractivity contribution in [1.29, 1.82) is 0 Å². The van der Waals surface area contributed by atoms with Crippen LogP contribution < -0.4 is 0 Å². The Morgan fingerprint density at radius 3 is 1.23 bits per heavy atom. The molecule has 0 saturated carbocycles. The first-order valence-electron chi connectivity index (χ1n) is 5.17. The molecule has 0 aliphatic heterocycles. The van der Waals surface area contributed by atoms with Crippen molar-refractivity contribution in [1.82, 2.24) is 0 Å². The summed E-state index contributed by atoms with van der Waals surface area (Å²) in [5, 5.41) is 0. The highest BCUT2D eigenvalue weighted by molar-refractivity contribution is 4.80. The summed E-state index contributed by atoms with van der Waals surface area (Å²) in [5.41, 5.74) is 0. The van der Waals surface area contributed by atoms with Crippen LogP contribution in [0.3, 0.4) is 0 Å². The molecule has 0 N–H and O–H groups in total. The zero-order valence-electron chi connectivity index (χ0n) is 10.9. The van der Waals surface area contributed by atoms with Crippen LogP contribution in [0.1, 0.15) is 20.3 Å². The predicted molar refractivity (Wildman–Crippen MR) is 48.9 cm³/mol. The minimum Gasteiger partial charge on any atom is -0.316 e. The lowest BCUT2D eigenvalue weighted by Crippen LogP contribution is -2.45. The van der Waals surface area contributed by atoms with E-state index < -0.39 is 43.3 Å². The van der Waals surface area contributed by atoms with Crippen molar-refractivity contribution in [3.8, 4) is 0 Å². The van der Waals surface area contributed by atoms with Crippen molar-refractivity contribution in [3.05, 3.63) is 0 Å². The second kappa shape index (κ2) is 7.13. The Hall–Kier alpha value is -0.880. The normalized spacial score (nSPS) is 14.5. The van der Waals surface area contributed by atoms with E-state index in [0.29, 0.717) is 0 Å². The van der Waals surface area contributed by atoms with Gasteiger partial charge < -0.3 is 4.74 Å². The number of ether oxygens (including phenoxy) is 1. The van der Waals surface area contributed by atoms with Crippen LogP contribution in [0.15, 0.2) is 0 Å². The monoisotopic (exact) mass is 362 g/mol. The average molecular weight is 362 g/mol. The highest BCUT2D eigenvalue weighted by Gasteiger charge is 2.62. The van der Waals surface area contributed by atoms with Gasteiger partial charge >= 0.3 is 30.3 Å². The van der Waals surface area contributed by atoms with E-state index in [2.05, 4.69) is 4.74 Å². The third kappa shape index (κ3) is 8.54. The van der Waals surface area contributed by atoms with E-state index in [0.717, 1.165) is 6.92 Å². The Kier molecular flexibility index (Phi) is 7.58.